The average Bonchev–Trinajstić information content (AvgIpc) is 2.75. The molecule has 0 spiro atoms. The third-order valence-corrected chi connectivity index (χ3v) is 7.47. The molecular formula is C23H31N3O3S. The first-order valence-electron chi connectivity index (χ1n) is 10.5. The van der Waals surface area contributed by atoms with E-state index in [0.717, 1.165) is 13.1 Å². The fourth-order valence-corrected chi connectivity index (χ4v) is 4.93. The van der Waals surface area contributed by atoms with Crippen LogP contribution in [-0.2, 0) is 10.0 Å². The lowest BCUT2D eigenvalue weighted by Gasteiger charge is -2.37. The summed E-state index contributed by atoms with van der Waals surface area (Å²) in [6, 6.07) is 12.4. The van der Waals surface area contributed by atoms with Crippen LogP contribution in [0.5, 0.6) is 0 Å². The van der Waals surface area contributed by atoms with E-state index in [-0.39, 0.29) is 16.8 Å². The second kappa shape index (κ2) is 9.18. The van der Waals surface area contributed by atoms with Gasteiger partial charge in [-0.3, -0.25) is 4.79 Å². The summed E-state index contributed by atoms with van der Waals surface area (Å²) < 4.78 is 27.4. The van der Waals surface area contributed by atoms with Crippen LogP contribution >= 0.6 is 0 Å². The Balaban J connectivity index is 1.65. The van der Waals surface area contributed by atoms with E-state index in [1.54, 1.807) is 12.1 Å². The first kappa shape index (κ1) is 22.3. The molecule has 1 heterocycles. The third-order valence-electron chi connectivity index (χ3n) is 5.86. The van der Waals surface area contributed by atoms with Crippen molar-refractivity contribution in [1.29, 1.82) is 0 Å². The normalized spacial score (nSPS) is 15.9. The quantitative estimate of drug-likeness (QED) is 0.765. The summed E-state index contributed by atoms with van der Waals surface area (Å²) in [5.74, 6) is -0.0607. The van der Waals surface area contributed by atoms with Crippen molar-refractivity contribution in [1.82, 2.24) is 9.62 Å². The van der Waals surface area contributed by atoms with Gasteiger partial charge in [0.25, 0.3) is 5.91 Å². The highest BCUT2D eigenvalue weighted by Gasteiger charge is 2.24. The van der Waals surface area contributed by atoms with E-state index in [4.69, 9.17) is 0 Å². The van der Waals surface area contributed by atoms with Crippen molar-refractivity contribution in [3.8, 4) is 0 Å². The highest BCUT2D eigenvalue weighted by molar-refractivity contribution is 7.89. The number of nitrogens with zero attached hydrogens (tertiary/aromatic N) is 2. The molecule has 1 N–H and O–H groups in total. The number of carbonyl (C=O) groups excluding carboxylic acids is 1. The summed E-state index contributed by atoms with van der Waals surface area (Å²) in [7, 11) is -3.57. The minimum atomic E-state index is -3.57. The highest BCUT2D eigenvalue weighted by atomic mass is 32.2. The maximum Gasteiger partial charge on any atom is 0.253 e. The smallest absolute Gasteiger partial charge is 0.253 e. The Morgan fingerprint density at radius 3 is 2.27 bits per heavy atom. The van der Waals surface area contributed by atoms with Crippen molar-refractivity contribution < 1.29 is 13.2 Å². The summed E-state index contributed by atoms with van der Waals surface area (Å²) in [6.07, 6.45) is 0.712. The molecular weight excluding hydrogens is 398 g/mol. The molecule has 1 aliphatic rings. The molecule has 0 radical (unpaired) electrons. The third kappa shape index (κ3) is 4.84. The molecule has 1 fully saturated rings. The van der Waals surface area contributed by atoms with E-state index >= 15 is 0 Å². The van der Waals surface area contributed by atoms with E-state index < -0.39 is 10.0 Å². The average molecular weight is 430 g/mol. The van der Waals surface area contributed by atoms with Crippen LogP contribution in [0.1, 0.15) is 41.8 Å². The minimum Gasteiger partial charge on any atom is -0.368 e. The first-order chi connectivity index (χ1) is 14.2. The summed E-state index contributed by atoms with van der Waals surface area (Å²) in [5, 5.41) is 0. The Hall–Kier alpha value is -2.38. The number of piperazine rings is 1. The molecule has 2 aromatic rings. The van der Waals surface area contributed by atoms with Gasteiger partial charge in [0, 0.05) is 43.5 Å². The van der Waals surface area contributed by atoms with Gasteiger partial charge in [-0.15, -0.1) is 0 Å². The van der Waals surface area contributed by atoms with Gasteiger partial charge in [-0.25, -0.2) is 13.1 Å². The van der Waals surface area contributed by atoms with Crippen molar-refractivity contribution in [2.45, 2.75) is 45.1 Å². The lowest BCUT2D eigenvalue weighted by molar-refractivity contribution is 0.0746. The zero-order valence-corrected chi connectivity index (χ0v) is 19.0. The summed E-state index contributed by atoms with van der Waals surface area (Å²) >= 11 is 0. The van der Waals surface area contributed by atoms with Crippen LogP contribution in [0.3, 0.4) is 0 Å². The number of carbonyl (C=O) groups is 1. The minimum absolute atomic E-state index is 0.0607. The Bertz CT molecular complexity index is 995. The molecule has 0 unspecified atom stereocenters. The largest absolute Gasteiger partial charge is 0.368 e. The molecule has 1 atom stereocenters. The molecule has 30 heavy (non-hydrogen) atoms. The maximum absolute atomic E-state index is 12.9. The summed E-state index contributed by atoms with van der Waals surface area (Å²) in [6.45, 7) is 10.8. The number of benzene rings is 2. The fourth-order valence-electron chi connectivity index (χ4n) is 3.60. The molecule has 3 rings (SSSR count). The van der Waals surface area contributed by atoms with Crippen molar-refractivity contribution in [2.24, 2.45) is 0 Å². The Labute approximate surface area is 179 Å². The predicted octanol–water partition coefficient (Wildman–Crippen LogP) is 3.34. The zero-order valence-electron chi connectivity index (χ0n) is 18.2. The number of aryl methyl sites for hydroxylation is 1. The Kier molecular flexibility index (Phi) is 6.83. The van der Waals surface area contributed by atoms with Crippen molar-refractivity contribution in [2.75, 3.05) is 31.1 Å². The molecule has 2 aromatic carbocycles. The lowest BCUT2D eigenvalue weighted by Crippen LogP contribution is -2.49. The van der Waals surface area contributed by atoms with E-state index in [1.807, 2.05) is 18.7 Å². The molecule has 1 aliphatic heterocycles. The second-order valence-electron chi connectivity index (χ2n) is 7.95. The van der Waals surface area contributed by atoms with Gasteiger partial charge in [-0.05, 0) is 68.7 Å². The topological polar surface area (TPSA) is 69.7 Å². The number of nitrogens with one attached hydrogen (secondary N) is 1. The van der Waals surface area contributed by atoms with Crippen LogP contribution in [0.15, 0.2) is 47.4 Å². The van der Waals surface area contributed by atoms with Gasteiger partial charge in [0.2, 0.25) is 10.0 Å². The van der Waals surface area contributed by atoms with Gasteiger partial charge in [-0.2, -0.15) is 0 Å². The fraction of sp³-hybridized carbons (Fsp3) is 0.435. The number of hydrogen-bond donors (Lipinski definition) is 1. The molecule has 1 amide bonds. The van der Waals surface area contributed by atoms with Crippen LogP contribution < -0.4 is 9.62 Å². The number of amides is 1. The summed E-state index contributed by atoms with van der Waals surface area (Å²) in [4.78, 5) is 17.2. The maximum atomic E-state index is 12.9. The Morgan fingerprint density at radius 1 is 1.03 bits per heavy atom. The van der Waals surface area contributed by atoms with Crippen LogP contribution in [0.2, 0.25) is 0 Å². The number of sulfonamides is 1. The molecule has 0 aromatic heterocycles. The van der Waals surface area contributed by atoms with E-state index in [2.05, 4.69) is 41.7 Å². The molecule has 0 bridgehead atoms. The van der Waals surface area contributed by atoms with Gasteiger partial charge in [0.15, 0.2) is 0 Å². The number of anilines is 1. The molecule has 6 nitrogen and oxygen atoms in total. The first-order valence-corrected chi connectivity index (χ1v) is 11.9. The van der Waals surface area contributed by atoms with E-state index in [1.165, 1.54) is 28.9 Å². The van der Waals surface area contributed by atoms with Crippen molar-refractivity contribution in [3.63, 3.8) is 0 Å². The molecule has 0 aliphatic carbocycles. The monoisotopic (exact) mass is 429 g/mol. The molecule has 162 valence electrons. The van der Waals surface area contributed by atoms with Crippen LogP contribution in [-0.4, -0.2) is 51.4 Å². The van der Waals surface area contributed by atoms with E-state index in [9.17, 15) is 13.2 Å². The van der Waals surface area contributed by atoms with Gasteiger partial charge in [0.1, 0.15) is 0 Å². The predicted molar refractivity (Wildman–Crippen MR) is 121 cm³/mol. The highest BCUT2D eigenvalue weighted by Crippen LogP contribution is 2.24. The number of hydrogen-bond acceptors (Lipinski definition) is 4. The molecule has 7 heteroatoms. The van der Waals surface area contributed by atoms with Gasteiger partial charge in [0.05, 0.1) is 4.90 Å². The second-order valence-corrected chi connectivity index (χ2v) is 9.67. The lowest BCUT2D eigenvalue weighted by atomic mass is 10.1. The standard InChI is InChI=1S/C23H31N3O3S/c1-5-18(3)24-30(28,29)21-11-9-20(10-12-21)23(27)26-15-13-25(14-16-26)22-8-6-7-17(2)19(22)4/h6-12,18,24H,5,13-16H2,1-4H3/t18-/m0/s1. The van der Waals surface area contributed by atoms with Gasteiger partial charge in [-0.1, -0.05) is 19.1 Å². The SMILES string of the molecule is CC[C@H](C)NS(=O)(=O)c1ccc(C(=O)N2CCN(c3cccc(C)c3C)CC2)cc1. The van der Waals surface area contributed by atoms with Gasteiger partial charge >= 0.3 is 0 Å². The van der Waals surface area contributed by atoms with Crippen LogP contribution in [0, 0.1) is 13.8 Å². The Morgan fingerprint density at radius 2 is 1.67 bits per heavy atom. The molecule has 0 saturated carbocycles. The van der Waals surface area contributed by atoms with Crippen LogP contribution in [0.4, 0.5) is 5.69 Å². The summed E-state index contributed by atoms with van der Waals surface area (Å²) in [5.41, 5.74) is 4.28. The van der Waals surface area contributed by atoms with E-state index in [0.29, 0.717) is 25.1 Å². The van der Waals surface area contributed by atoms with Crippen molar-refractivity contribution in [3.05, 3.63) is 59.2 Å². The van der Waals surface area contributed by atoms with Crippen molar-refractivity contribution >= 4 is 21.6 Å². The zero-order chi connectivity index (χ0) is 21.9. The molecule has 1 saturated heterocycles. The number of rotatable bonds is 6. The van der Waals surface area contributed by atoms with Crippen LogP contribution in [0.25, 0.3) is 0 Å². The van der Waals surface area contributed by atoms with Gasteiger partial charge < -0.3 is 9.80 Å².